The molecule has 1 heterocycles. The van der Waals surface area contributed by atoms with Crippen LogP contribution < -0.4 is 29.0 Å². The molecule has 25 heavy (non-hydrogen) atoms. The van der Waals surface area contributed by atoms with Crippen molar-refractivity contribution >= 4 is 0 Å². The minimum absolute atomic E-state index is 0.302. The van der Waals surface area contributed by atoms with Crippen LogP contribution in [0.15, 0.2) is 30.3 Å². The number of hydrogen-bond acceptors (Lipinski definition) is 6. The number of nitrogens with one attached hydrogen (secondary N) is 1. The SMILES string of the molecule is COc1cc(OC)c(OC)cc1CNCCc1ccc2c(c1)OCO2. The molecule has 0 atom stereocenters. The fraction of sp³-hybridized carbons (Fsp3) is 0.368. The summed E-state index contributed by atoms with van der Waals surface area (Å²) in [5.74, 6) is 3.75. The van der Waals surface area contributed by atoms with E-state index in [4.69, 9.17) is 23.7 Å². The van der Waals surface area contributed by atoms with Crippen molar-refractivity contribution in [1.82, 2.24) is 5.32 Å². The smallest absolute Gasteiger partial charge is 0.231 e. The lowest BCUT2D eigenvalue weighted by Gasteiger charge is -2.14. The molecule has 0 bridgehead atoms. The van der Waals surface area contributed by atoms with Crippen molar-refractivity contribution < 1.29 is 23.7 Å². The van der Waals surface area contributed by atoms with Crippen LogP contribution in [-0.2, 0) is 13.0 Å². The van der Waals surface area contributed by atoms with E-state index in [1.807, 2.05) is 24.3 Å². The van der Waals surface area contributed by atoms with Gasteiger partial charge in [-0.2, -0.15) is 0 Å². The quantitative estimate of drug-likeness (QED) is 0.743. The van der Waals surface area contributed by atoms with E-state index in [0.717, 1.165) is 35.8 Å². The highest BCUT2D eigenvalue weighted by Gasteiger charge is 2.13. The van der Waals surface area contributed by atoms with Crippen LogP contribution in [0.1, 0.15) is 11.1 Å². The van der Waals surface area contributed by atoms with Gasteiger partial charge in [-0.05, 0) is 36.7 Å². The van der Waals surface area contributed by atoms with Crippen molar-refractivity contribution in [3.63, 3.8) is 0 Å². The molecule has 0 unspecified atom stereocenters. The molecule has 2 aromatic carbocycles. The van der Waals surface area contributed by atoms with E-state index in [1.54, 1.807) is 21.3 Å². The van der Waals surface area contributed by atoms with Gasteiger partial charge in [0.15, 0.2) is 23.0 Å². The normalized spacial score (nSPS) is 12.1. The van der Waals surface area contributed by atoms with Crippen LogP contribution in [-0.4, -0.2) is 34.7 Å². The van der Waals surface area contributed by atoms with E-state index in [9.17, 15) is 0 Å². The Morgan fingerprint density at radius 3 is 2.36 bits per heavy atom. The van der Waals surface area contributed by atoms with Gasteiger partial charge >= 0.3 is 0 Å². The second-order valence-corrected chi connectivity index (χ2v) is 5.63. The van der Waals surface area contributed by atoms with Crippen LogP contribution in [0.3, 0.4) is 0 Å². The van der Waals surface area contributed by atoms with Gasteiger partial charge in [0.2, 0.25) is 6.79 Å². The average molecular weight is 345 g/mol. The van der Waals surface area contributed by atoms with Crippen molar-refractivity contribution in [3.05, 3.63) is 41.5 Å². The van der Waals surface area contributed by atoms with Crippen molar-refractivity contribution in [3.8, 4) is 28.7 Å². The summed E-state index contributed by atoms with van der Waals surface area (Å²) in [5.41, 5.74) is 2.22. The third kappa shape index (κ3) is 3.91. The zero-order valence-corrected chi connectivity index (χ0v) is 14.8. The molecule has 6 nitrogen and oxygen atoms in total. The third-order valence-electron chi connectivity index (χ3n) is 4.13. The van der Waals surface area contributed by atoms with E-state index >= 15 is 0 Å². The van der Waals surface area contributed by atoms with Gasteiger partial charge in [-0.25, -0.2) is 0 Å². The Labute approximate surface area is 147 Å². The molecular formula is C19H23NO5. The summed E-state index contributed by atoms with van der Waals surface area (Å²) in [6, 6.07) is 9.82. The number of hydrogen-bond donors (Lipinski definition) is 1. The monoisotopic (exact) mass is 345 g/mol. The average Bonchev–Trinajstić information content (AvgIpc) is 3.12. The van der Waals surface area contributed by atoms with Crippen LogP contribution >= 0.6 is 0 Å². The molecule has 1 aliphatic rings. The molecular weight excluding hydrogens is 322 g/mol. The first-order chi connectivity index (χ1) is 12.2. The van der Waals surface area contributed by atoms with Gasteiger partial charge in [0, 0.05) is 18.2 Å². The standard InChI is InChI=1S/C19H23NO5/c1-21-16-10-18(23-3)17(22-2)9-14(16)11-20-7-6-13-4-5-15-19(8-13)25-12-24-15/h4-5,8-10,20H,6-7,11-12H2,1-3H3. The maximum absolute atomic E-state index is 5.45. The molecule has 0 saturated carbocycles. The van der Waals surface area contributed by atoms with E-state index in [-0.39, 0.29) is 0 Å². The Morgan fingerprint density at radius 1 is 0.880 bits per heavy atom. The maximum atomic E-state index is 5.45. The second kappa shape index (κ2) is 7.98. The summed E-state index contributed by atoms with van der Waals surface area (Å²) in [5, 5.41) is 3.43. The van der Waals surface area contributed by atoms with Gasteiger partial charge in [-0.3, -0.25) is 0 Å². The molecule has 0 fully saturated rings. The number of benzene rings is 2. The molecule has 134 valence electrons. The summed E-state index contributed by atoms with van der Waals surface area (Å²) in [6.07, 6.45) is 0.895. The third-order valence-corrected chi connectivity index (χ3v) is 4.13. The van der Waals surface area contributed by atoms with Crippen LogP contribution in [0.25, 0.3) is 0 Å². The lowest BCUT2D eigenvalue weighted by Crippen LogP contribution is -2.17. The van der Waals surface area contributed by atoms with Crippen molar-refractivity contribution in [1.29, 1.82) is 0 Å². The highest BCUT2D eigenvalue weighted by Crippen LogP contribution is 2.35. The molecule has 0 amide bonds. The largest absolute Gasteiger partial charge is 0.496 e. The van der Waals surface area contributed by atoms with Gasteiger partial charge in [-0.1, -0.05) is 6.07 Å². The van der Waals surface area contributed by atoms with Crippen molar-refractivity contribution in [2.75, 3.05) is 34.7 Å². The highest BCUT2D eigenvalue weighted by atomic mass is 16.7. The Bertz CT molecular complexity index is 732. The van der Waals surface area contributed by atoms with Gasteiger partial charge in [0.05, 0.1) is 21.3 Å². The number of fused-ring (bicyclic) bond motifs is 1. The van der Waals surface area contributed by atoms with Gasteiger partial charge < -0.3 is 29.0 Å². The fourth-order valence-corrected chi connectivity index (χ4v) is 2.78. The van der Waals surface area contributed by atoms with Crippen LogP contribution in [0.2, 0.25) is 0 Å². The molecule has 0 saturated heterocycles. The minimum atomic E-state index is 0.302. The number of rotatable bonds is 8. The van der Waals surface area contributed by atoms with Crippen LogP contribution in [0.4, 0.5) is 0 Å². The fourth-order valence-electron chi connectivity index (χ4n) is 2.78. The summed E-state index contributed by atoms with van der Waals surface area (Å²) >= 11 is 0. The van der Waals surface area contributed by atoms with E-state index in [0.29, 0.717) is 24.8 Å². The Hall–Kier alpha value is -2.60. The van der Waals surface area contributed by atoms with Gasteiger partial charge in [0.1, 0.15) is 5.75 Å². The topological polar surface area (TPSA) is 58.2 Å². The molecule has 1 aliphatic heterocycles. The Balaban J connectivity index is 1.58. The maximum Gasteiger partial charge on any atom is 0.231 e. The summed E-state index contributed by atoms with van der Waals surface area (Å²) in [7, 11) is 4.89. The van der Waals surface area contributed by atoms with Crippen LogP contribution in [0.5, 0.6) is 28.7 Å². The summed E-state index contributed by atoms with van der Waals surface area (Å²) in [4.78, 5) is 0. The molecule has 0 aliphatic carbocycles. The van der Waals surface area contributed by atoms with Crippen molar-refractivity contribution in [2.45, 2.75) is 13.0 Å². The van der Waals surface area contributed by atoms with Gasteiger partial charge in [-0.15, -0.1) is 0 Å². The van der Waals surface area contributed by atoms with E-state index in [1.165, 1.54) is 5.56 Å². The Morgan fingerprint density at radius 2 is 1.60 bits per heavy atom. The van der Waals surface area contributed by atoms with E-state index < -0.39 is 0 Å². The first-order valence-electron chi connectivity index (χ1n) is 8.13. The molecule has 6 heteroatoms. The molecule has 3 rings (SSSR count). The lowest BCUT2D eigenvalue weighted by atomic mass is 10.1. The minimum Gasteiger partial charge on any atom is -0.496 e. The highest BCUT2D eigenvalue weighted by molar-refractivity contribution is 5.50. The molecule has 0 radical (unpaired) electrons. The predicted octanol–water partition coefficient (Wildman–Crippen LogP) is 2.77. The lowest BCUT2D eigenvalue weighted by molar-refractivity contribution is 0.174. The number of methoxy groups -OCH3 is 3. The first kappa shape index (κ1) is 17.2. The molecule has 1 N–H and O–H groups in total. The Kier molecular flexibility index (Phi) is 5.50. The van der Waals surface area contributed by atoms with Crippen molar-refractivity contribution in [2.24, 2.45) is 0 Å². The summed E-state index contributed by atoms with van der Waals surface area (Å²) in [6.45, 7) is 1.81. The molecule has 0 spiro atoms. The summed E-state index contributed by atoms with van der Waals surface area (Å²) < 4.78 is 26.9. The van der Waals surface area contributed by atoms with E-state index in [2.05, 4.69) is 11.4 Å². The molecule has 0 aromatic heterocycles. The second-order valence-electron chi connectivity index (χ2n) is 5.63. The molecule has 2 aromatic rings. The predicted molar refractivity (Wildman–Crippen MR) is 94.1 cm³/mol. The zero-order valence-electron chi connectivity index (χ0n) is 14.8. The first-order valence-corrected chi connectivity index (χ1v) is 8.13. The zero-order chi connectivity index (χ0) is 17.6. The van der Waals surface area contributed by atoms with Crippen LogP contribution in [0, 0.1) is 0 Å². The van der Waals surface area contributed by atoms with Gasteiger partial charge in [0.25, 0.3) is 0 Å². The number of ether oxygens (including phenoxy) is 5.